The number of rotatable bonds is 12. The summed E-state index contributed by atoms with van der Waals surface area (Å²) < 4.78 is 21.7. The van der Waals surface area contributed by atoms with E-state index in [1.807, 2.05) is 37.3 Å². The summed E-state index contributed by atoms with van der Waals surface area (Å²) in [6.07, 6.45) is 0. The maximum Gasteiger partial charge on any atom is 0.119 e. The van der Waals surface area contributed by atoms with E-state index in [2.05, 4.69) is 24.3 Å². The van der Waals surface area contributed by atoms with Gasteiger partial charge in [-0.2, -0.15) is 0 Å². The average Bonchev–Trinajstić information content (AvgIpc) is 2.64. The van der Waals surface area contributed by atoms with Crippen LogP contribution in [0.15, 0.2) is 54.6 Å². The van der Waals surface area contributed by atoms with E-state index in [0.717, 1.165) is 12.4 Å². The van der Waals surface area contributed by atoms with E-state index in [4.69, 9.17) is 18.9 Å². The van der Waals surface area contributed by atoms with Gasteiger partial charge in [-0.3, -0.25) is 0 Å². The van der Waals surface area contributed by atoms with Crippen molar-refractivity contribution in [1.29, 1.82) is 0 Å². The van der Waals surface area contributed by atoms with E-state index < -0.39 is 0 Å². The zero-order valence-electron chi connectivity index (χ0n) is 14.3. The number of ether oxygens (including phenoxy) is 4. The van der Waals surface area contributed by atoms with E-state index in [1.165, 1.54) is 11.1 Å². The summed E-state index contributed by atoms with van der Waals surface area (Å²) in [7, 11) is 0. The Kier molecular flexibility index (Phi) is 8.94. The maximum atomic E-state index is 5.67. The molecule has 4 heteroatoms. The summed E-state index contributed by atoms with van der Waals surface area (Å²) in [5, 5.41) is 0. The molecule has 0 saturated heterocycles. The highest BCUT2D eigenvalue weighted by Gasteiger charge is 1.98. The van der Waals surface area contributed by atoms with Gasteiger partial charge in [0.15, 0.2) is 0 Å². The van der Waals surface area contributed by atoms with Gasteiger partial charge in [-0.15, -0.1) is 0 Å². The van der Waals surface area contributed by atoms with Crippen molar-refractivity contribution in [2.75, 3.05) is 46.2 Å². The van der Waals surface area contributed by atoms with Crippen LogP contribution >= 0.6 is 0 Å². The smallest absolute Gasteiger partial charge is 0.119 e. The third-order valence-corrected chi connectivity index (χ3v) is 3.41. The van der Waals surface area contributed by atoms with Gasteiger partial charge in [-0.05, 0) is 30.2 Å². The van der Waals surface area contributed by atoms with Crippen LogP contribution in [0.3, 0.4) is 0 Å². The molecule has 0 spiro atoms. The van der Waals surface area contributed by atoms with Gasteiger partial charge in [0, 0.05) is 6.61 Å². The summed E-state index contributed by atoms with van der Waals surface area (Å²) in [5.41, 5.74) is 2.39. The molecule has 0 aliphatic carbocycles. The van der Waals surface area contributed by atoms with Gasteiger partial charge in [0.05, 0.1) is 33.0 Å². The number of hydrogen-bond acceptors (Lipinski definition) is 4. The molecule has 0 atom stereocenters. The van der Waals surface area contributed by atoms with Gasteiger partial charge < -0.3 is 18.9 Å². The minimum absolute atomic E-state index is 0.531. The Hall–Kier alpha value is -1.88. The lowest BCUT2D eigenvalue weighted by Gasteiger charge is -2.09. The molecule has 2 aromatic rings. The lowest BCUT2D eigenvalue weighted by molar-refractivity contribution is 0.0114. The largest absolute Gasteiger partial charge is 0.491 e. The van der Waals surface area contributed by atoms with Crippen LogP contribution in [-0.2, 0) is 14.2 Å². The lowest BCUT2D eigenvalue weighted by Crippen LogP contribution is -2.12. The summed E-state index contributed by atoms with van der Waals surface area (Å²) in [6.45, 7) is 6.18. The lowest BCUT2D eigenvalue weighted by atomic mass is 10.1. The van der Waals surface area contributed by atoms with E-state index >= 15 is 0 Å². The van der Waals surface area contributed by atoms with Gasteiger partial charge >= 0.3 is 0 Å². The minimum Gasteiger partial charge on any atom is -0.491 e. The Balaban J connectivity index is 1.55. The van der Waals surface area contributed by atoms with Crippen LogP contribution in [0.5, 0.6) is 5.75 Å². The molecular weight excluding hydrogens is 304 g/mol. The second-order valence-electron chi connectivity index (χ2n) is 5.16. The molecule has 0 aromatic heterocycles. The minimum atomic E-state index is 0.531. The number of hydrogen-bond donors (Lipinski definition) is 0. The van der Waals surface area contributed by atoms with Crippen LogP contribution in [0.4, 0.5) is 0 Å². The normalized spacial score (nSPS) is 10.7. The first kappa shape index (κ1) is 18.5. The molecule has 0 bridgehead atoms. The first-order valence-electron chi connectivity index (χ1n) is 8.41. The Labute approximate surface area is 144 Å². The highest BCUT2D eigenvalue weighted by molar-refractivity contribution is 5.63. The Morgan fingerprint density at radius 1 is 0.583 bits per heavy atom. The van der Waals surface area contributed by atoms with Gasteiger partial charge in [0.25, 0.3) is 0 Å². The van der Waals surface area contributed by atoms with E-state index in [-0.39, 0.29) is 0 Å². The Bertz CT molecular complexity index is 539. The van der Waals surface area contributed by atoms with Gasteiger partial charge in [-0.25, -0.2) is 0 Å². The van der Waals surface area contributed by atoms with Crippen molar-refractivity contribution in [2.24, 2.45) is 0 Å². The third-order valence-electron chi connectivity index (χ3n) is 3.41. The summed E-state index contributed by atoms with van der Waals surface area (Å²) in [4.78, 5) is 0. The third kappa shape index (κ3) is 7.13. The summed E-state index contributed by atoms with van der Waals surface area (Å²) in [6, 6.07) is 18.4. The summed E-state index contributed by atoms with van der Waals surface area (Å²) >= 11 is 0. The molecule has 0 radical (unpaired) electrons. The van der Waals surface area contributed by atoms with E-state index in [0.29, 0.717) is 39.6 Å². The van der Waals surface area contributed by atoms with E-state index in [1.54, 1.807) is 0 Å². The zero-order valence-corrected chi connectivity index (χ0v) is 14.3. The van der Waals surface area contributed by atoms with Gasteiger partial charge in [0.1, 0.15) is 12.4 Å². The highest BCUT2D eigenvalue weighted by Crippen LogP contribution is 2.21. The molecule has 4 nitrogen and oxygen atoms in total. The fraction of sp³-hybridized carbons (Fsp3) is 0.400. The van der Waals surface area contributed by atoms with Crippen molar-refractivity contribution in [3.8, 4) is 16.9 Å². The van der Waals surface area contributed by atoms with E-state index in [9.17, 15) is 0 Å². The molecule has 2 aromatic carbocycles. The second-order valence-corrected chi connectivity index (χ2v) is 5.16. The predicted octanol–water partition coefficient (Wildman–Crippen LogP) is 3.80. The Morgan fingerprint density at radius 2 is 1.12 bits per heavy atom. The average molecular weight is 330 g/mol. The topological polar surface area (TPSA) is 36.9 Å². The quantitative estimate of drug-likeness (QED) is 0.555. The van der Waals surface area contributed by atoms with Crippen LogP contribution in [0.25, 0.3) is 11.1 Å². The van der Waals surface area contributed by atoms with Crippen LogP contribution in [0.1, 0.15) is 6.92 Å². The van der Waals surface area contributed by atoms with Crippen molar-refractivity contribution < 1.29 is 18.9 Å². The predicted molar refractivity (Wildman–Crippen MR) is 95.5 cm³/mol. The molecule has 130 valence electrons. The van der Waals surface area contributed by atoms with Crippen molar-refractivity contribution in [3.63, 3.8) is 0 Å². The molecule has 0 amide bonds. The molecule has 2 rings (SSSR count). The van der Waals surface area contributed by atoms with Crippen molar-refractivity contribution in [1.82, 2.24) is 0 Å². The van der Waals surface area contributed by atoms with Crippen LogP contribution in [0, 0.1) is 0 Å². The molecule has 0 aliphatic heterocycles. The first-order valence-corrected chi connectivity index (χ1v) is 8.41. The van der Waals surface area contributed by atoms with Crippen LogP contribution < -0.4 is 4.74 Å². The summed E-state index contributed by atoms with van der Waals surface area (Å²) in [5.74, 6) is 0.853. The van der Waals surface area contributed by atoms with Crippen molar-refractivity contribution in [2.45, 2.75) is 6.92 Å². The highest BCUT2D eigenvalue weighted by atomic mass is 16.6. The second kappa shape index (κ2) is 11.6. The monoisotopic (exact) mass is 330 g/mol. The van der Waals surface area contributed by atoms with Crippen molar-refractivity contribution in [3.05, 3.63) is 54.6 Å². The SMILES string of the molecule is CCOCCOCCOCCOc1ccc(-c2ccccc2)cc1. The van der Waals surface area contributed by atoms with Gasteiger partial charge in [0.2, 0.25) is 0 Å². The van der Waals surface area contributed by atoms with Crippen LogP contribution in [-0.4, -0.2) is 46.2 Å². The molecule has 24 heavy (non-hydrogen) atoms. The molecule has 0 heterocycles. The van der Waals surface area contributed by atoms with Gasteiger partial charge in [-0.1, -0.05) is 42.5 Å². The molecular formula is C20H26O4. The standard InChI is InChI=1S/C20H26O4/c1-2-21-12-13-22-14-15-23-16-17-24-20-10-8-19(9-11-20)18-6-4-3-5-7-18/h3-11H,2,12-17H2,1H3. The molecule has 0 saturated carbocycles. The fourth-order valence-electron chi connectivity index (χ4n) is 2.18. The molecule has 0 aliphatic rings. The van der Waals surface area contributed by atoms with Crippen LogP contribution in [0.2, 0.25) is 0 Å². The Morgan fingerprint density at radius 3 is 1.75 bits per heavy atom. The molecule has 0 N–H and O–H groups in total. The zero-order chi connectivity index (χ0) is 16.9. The fourth-order valence-corrected chi connectivity index (χ4v) is 2.18. The maximum absolute atomic E-state index is 5.67. The molecule has 0 unspecified atom stereocenters. The molecule has 0 fully saturated rings. The van der Waals surface area contributed by atoms with Crippen molar-refractivity contribution >= 4 is 0 Å². The first-order chi connectivity index (χ1) is 11.9. The number of benzene rings is 2.